The average Bonchev–Trinajstić information content (AvgIpc) is 3.28. The lowest BCUT2D eigenvalue weighted by Gasteiger charge is -2.28. The predicted molar refractivity (Wildman–Crippen MR) is 110 cm³/mol. The van der Waals surface area contributed by atoms with E-state index in [0.29, 0.717) is 18.2 Å². The number of Topliss-reactive ketones (excluding diaryl/α,β-unsaturated/α-hetero) is 1. The van der Waals surface area contributed by atoms with Gasteiger partial charge < -0.3 is 13.9 Å². The molecule has 2 atom stereocenters. The van der Waals surface area contributed by atoms with Gasteiger partial charge in [0.05, 0.1) is 19.8 Å². The average molecular weight is 391 g/mol. The number of aromatic nitrogens is 1. The van der Waals surface area contributed by atoms with E-state index in [2.05, 4.69) is 17.1 Å². The van der Waals surface area contributed by atoms with E-state index in [-0.39, 0.29) is 17.8 Å². The largest absolute Gasteiger partial charge is 0.497 e. The van der Waals surface area contributed by atoms with Gasteiger partial charge in [-0.2, -0.15) is 0 Å². The van der Waals surface area contributed by atoms with Crippen LogP contribution in [-0.4, -0.2) is 24.0 Å². The number of ketones is 1. The molecule has 0 aliphatic heterocycles. The molecule has 1 aromatic heterocycles. The van der Waals surface area contributed by atoms with E-state index < -0.39 is 0 Å². The van der Waals surface area contributed by atoms with Gasteiger partial charge in [0.25, 0.3) is 0 Å². The number of carbonyl (C=O) groups excluding carboxylic acids is 1. The standard InChI is InChI=1S/C24H25NO4/c1-27-20-11-6-10-19(14-20)24-25-22(16-29-24)23(26)18-9-5-12-21(13-18)28-15-17-7-3-2-4-8-17/h2-4,6-8,10-11,14,16,18,21H,5,9,12-13,15H2,1H3/t18-,21+/m0/s1. The Morgan fingerprint density at radius 3 is 2.83 bits per heavy atom. The second-order valence-electron chi connectivity index (χ2n) is 7.42. The first kappa shape index (κ1) is 19.4. The smallest absolute Gasteiger partial charge is 0.226 e. The summed E-state index contributed by atoms with van der Waals surface area (Å²) in [5.41, 5.74) is 2.33. The molecule has 0 saturated heterocycles. The quantitative estimate of drug-likeness (QED) is 0.511. The van der Waals surface area contributed by atoms with Crippen molar-refractivity contribution in [2.24, 2.45) is 5.92 Å². The van der Waals surface area contributed by atoms with Crippen molar-refractivity contribution in [2.75, 3.05) is 7.11 Å². The lowest BCUT2D eigenvalue weighted by atomic mass is 9.83. The number of nitrogens with zero attached hydrogens (tertiary/aromatic N) is 1. The van der Waals surface area contributed by atoms with Crippen molar-refractivity contribution in [3.05, 3.63) is 72.1 Å². The number of carbonyl (C=O) groups is 1. The van der Waals surface area contributed by atoms with E-state index in [0.717, 1.165) is 42.6 Å². The van der Waals surface area contributed by atoms with Gasteiger partial charge in [-0.05, 0) is 43.0 Å². The fourth-order valence-corrected chi connectivity index (χ4v) is 3.81. The highest BCUT2D eigenvalue weighted by molar-refractivity contribution is 5.96. The maximum absolute atomic E-state index is 13.0. The van der Waals surface area contributed by atoms with Gasteiger partial charge in [0.1, 0.15) is 17.7 Å². The second kappa shape index (κ2) is 9.05. The number of oxazole rings is 1. The topological polar surface area (TPSA) is 61.6 Å². The molecule has 150 valence electrons. The Labute approximate surface area is 170 Å². The van der Waals surface area contributed by atoms with Crippen molar-refractivity contribution < 1.29 is 18.7 Å². The van der Waals surface area contributed by atoms with Gasteiger partial charge in [0.2, 0.25) is 5.89 Å². The molecular weight excluding hydrogens is 366 g/mol. The van der Waals surface area contributed by atoms with E-state index in [1.54, 1.807) is 7.11 Å². The molecule has 3 aromatic rings. The van der Waals surface area contributed by atoms with Crippen LogP contribution in [0.5, 0.6) is 5.75 Å². The molecule has 0 radical (unpaired) electrons. The van der Waals surface area contributed by atoms with Gasteiger partial charge in [0.15, 0.2) is 5.78 Å². The molecular formula is C24H25NO4. The van der Waals surface area contributed by atoms with E-state index >= 15 is 0 Å². The van der Waals surface area contributed by atoms with Gasteiger partial charge in [-0.25, -0.2) is 4.98 Å². The maximum atomic E-state index is 13.0. The van der Waals surface area contributed by atoms with Crippen LogP contribution in [-0.2, 0) is 11.3 Å². The Kier molecular flexibility index (Phi) is 6.06. The number of ether oxygens (including phenoxy) is 2. The Balaban J connectivity index is 1.39. The number of rotatable bonds is 7. The molecule has 0 amide bonds. The Hall–Kier alpha value is -2.92. The van der Waals surface area contributed by atoms with Gasteiger partial charge >= 0.3 is 0 Å². The lowest BCUT2D eigenvalue weighted by molar-refractivity contribution is 0.00372. The van der Waals surface area contributed by atoms with Crippen LogP contribution in [0.15, 0.2) is 65.3 Å². The highest BCUT2D eigenvalue weighted by Crippen LogP contribution is 2.31. The van der Waals surface area contributed by atoms with Crippen LogP contribution < -0.4 is 4.74 Å². The highest BCUT2D eigenvalue weighted by atomic mass is 16.5. The van der Waals surface area contributed by atoms with Crippen LogP contribution in [0.2, 0.25) is 0 Å². The van der Waals surface area contributed by atoms with E-state index in [9.17, 15) is 4.79 Å². The molecule has 0 bridgehead atoms. The summed E-state index contributed by atoms with van der Waals surface area (Å²) in [5.74, 6) is 1.11. The summed E-state index contributed by atoms with van der Waals surface area (Å²) in [7, 11) is 1.61. The van der Waals surface area contributed by atoms with Crippen molar-refractivity contribution in [3.8, 4) is 17.2 Å². The minimum Gasteiger partial charge on any atom is -0.497 e. The molecule has 4 rings (SSSR count). The SMILES string of the molecule is COc1cccc(-c2nc(C(=O)[C@H]3CCC[C@@H](OCc4ccccc4)C3)co2)c1. The number of benzene rings is 2. The zero-order chi connectivity index (χ0) is 20.1. The monoisotopic (exact) mass is 391 g/mol. The fourth-order valence-electron chi connectivity index (χ4n) is 3.81. The fraction of sp³-hybridized carbons (Fsp3) is 0.333. The summed E-state index contributed by atoms with van der Waals surface area (Å²) < 4.78 is 16.9. The summed E-state index contributed by atoms with van der Waals surface area (Å²) in [4.78, 5) is 17.4. The molecule has 5 heteroatoms. The van der Waals surface area contributed by atoms with Crippen LogP contribution in [0, 0.1) is 5.92 Å². The molecule has 5 nitrogen and oxygen atoms in total. The van der Waals surface area contributed by atoms with Crippen LogP contribution >= 0.6 is 0 Å². The minimum absolute atomic E-state index is 0.0379. The molecule has 0 unspecified atom stereocenters. The van der Waals surface area contributed by atoms with Crippen LogP contribution in [0.25, 0.3) is 11.5 Å². The van der Waals surface area contributed by atoms with Gasteiger partial charge in [-0.15, -0.1) is 0 Å². The Morgan fingerprint density at radius 2 is 2.00 bits per heavy atom. The summed E-state index contributed by atoms with van der Waals surface area (Å²) in [5, 5.41) is 0. The first-order valence-electron chi connectivity index (χ1n) is 10.0. The number of hydrogen-bond acceptors (Lipinski definition) is 5. The van der Waals surface area contributed by atoms with Crippen LogP contribution in [0.1, 0.15) is 41.7 Å². The minimum atomic E-state index is -0.0761. The Bertz CT molecular complexity index is 950. The summed E-state index contributed by atoms with van der Waals surface area (Å²) in [6.45, 7) is 0.580. The predicted octanol–water partition coefficient (Wildman–Crippen LogP) is 5.31. The highest BCUT2D eigenvalue weighted by Gasteiger charge is 2.30. The first-order valence-corrected chi connectivity index (χ1v) is 10.0. The van der Waals surface area contributed by atoms with Gasteiger partial charge in [-0.3, -0.25) is 4.79 Å². The molecule has 1 fully saturated rings. The third-order valence-electron chi connectivity index (χ3n) is 5.40. The van der Waals surface area contributed by atoms with Gasteiger partial charge in [0, 0.05) is 11.5 Å². The van der Waals surface area contributed by atoms with E-state index in [4.69, 9.17) is 13.9 Å². The lowest BCUT2D eigenvalue weighted by Crippen LogP contribution is -2.28. The first-order chi connectivity index (χ1) is 14.2. The molecule has 2 aromatic carbocycles. The van der Waals surface area contributed by atoms with Crippen LogP contribution in [0.4, 0.5) is 0 Å². The summed E-state index contributed by atoms with van der Waals surface area (Å²) in [6.07, 6.45) is 5.13. The molecule has 0 spiro atoms. The van der Waals surface area contributed by atoms with Crippen molar-refractivity contribution >= 4 is 5.78 Å². The van der Waals surface area contributed by atoms with Crippen molar-refractivity contribution in [1.29, 1.82) is 0 Å². The molecule has 1 aliphatic carbocycles. The molecule has 1 aliphatic rings. The van der Waals surface area contributed by atoms with Crippen molar-refractivity contribution in [1.82, 2.24) is 4.98 Å². The normalized spacial score (nSPS) is 19.1. The van der Waals surface area contributed by atoms with Gasteiger partial charge in [-0.1, -0.05) is 42.8 Å². The third kappa shape index (κ3) is 4.74. The summed E-state index contributed by atoms with van der Waals surface area (Å²) >= 11 is 0. The third-order valence-corrected chi connectivity index (χ3v) is 5.40. The second-order valence-corrected chi connectivity index (χ2v) is 7.42. The van der Waals surface area contributed by atoms with E-state index in [1.165, 1.54) is 6.26 Å². The zero-order valence-corrected chi connectivity index (χ0v) is 16.5. The molecule has 1 heterocycles. The molecule has 29 heavy (non-hydrogen) atoms. The number of methoxy groups -OCH3 is 1. The maximum Gasteiger partial charge on any atom is 0.226 e. The van der Waals surface area contributed by atoms with E-state index in [1.807, 2.05) is 42.5 Å². The number of hydrogen-bond donors (Lipinski definition) is 0. The van der Waals surface area contributed by atoms with Crippen molar-refractivity contribution in [2.45, 2.75) is 38.4 Å². The van der Waals surface area contributed by atoms with Crippen molar-refractivity contribution in [3.63, 3.8) is 0 Å². The molecule has 1 saturated carbocycles. The zero-order valence-electron chi connectivity index (χ0n) is 16.5. The van der Waals surface area contributed by atoms with Crippen LogP contribution in [0.3, 0.4) is 0 Å². The Morgan fingerprint density at radius 1 is 1.14 bits per heavy atom. The summed E-state index contributed by atoms with van der Waals surface area (Å²) in [6, 6.07) is 17.6. The molecule has 0 N–H and O–H groups in total.